The molecule has 0 aliphatic carbocycles. The van der Waals surface area contributed by atoms with E-state index in [-0.39, 0.29) is 40.5 Å². The van der Waals surface area contributed by atoms with E-state index in [9.17, 15) is 22.4 Å². The summed E-state index contributed by atoms with van der Waals surface area (Å²) in [4.78, 5) is 30.0. The van der Waals surface area contributed by atoms with Gasteiger partial charge in [0.1, 0.15) is 12.1 Å². The van der Waals surface area contributed by atoms with Crippen LogP contribution in [-0.2, 0) is 17.5 Å². The van der Waals surface area contributed by atoms with Gasteiger partial charge in [-0.15, -0.1) is 0 Å². The van der Waals surface area contributed by atoms with Crippen LogP contribution in [0.4, 0.5) is 38.7 Å². The molecular formula is C27H30F5N7O2S. The van der Waals surface area contributed by atoms with Crippen molar-refractivity contribution >= 4 is 34.1 Å². The van der Waals surface area contributed by atoms with Gasteiger partial charge in [0.25, 0.3) is 0 Å². The summed E-state index contributed by atoms with van der Waals surface area (Å²) in [6.45, 7) is 5.65. The fourth-order valence-electron chi connectivity index (χ4n) is 5.25. The minimum absolute atomic E-state index is 0.0157. The quantitative estimate of drug-likeness (QED) is 0.316. The SMILES string of the molecule is C[C@@H]1CCCN1Cc1sc(Nc2ncnc(N3CCN(CCC(=O)O)CC3)c2F)nc1-c1cc(F)cc(C(F)(F)F)c1. The van der Waals surface area contributed by atoms with Crippen LogP contribution in [0, 0.1) is 11.6 Å². The van der Waals surface area contributed by atoms with E-state index in [2.05, 4.69) is 32.1 Å². The van der Waals surface area contributed by atoms with Gasteiger partial charge in [-0.2, -0.15) is 17.6 Å². The molecule has 2 fully saturated rings. The molecule has 0 radical (unpaired) electrons. The fourth-order valence-corrected chi connectivity index (χ4v) is 6.26. The first-order chi connectivity index (χ1) is 20.0. The van der Waals surface area contributed by atoms with Gasteiger partial charge in [0, 0.05) is 55.8 Å². The van der Waals surface area contributed by atoms with Gasteiger partial charge in [-0.25, -0.2) is 19.3 Å². The minimum atomic E-state index is -4.74. The molecule has 5 rings (SSSR count). The Morgan fingerprint density at radius 3 is 2.55 bits per heavy atom. The number of aromatic nitrogens is 3. The van der Waals surface area contributed by atoms with Crippen molar-refractivity contribution in [3.05, 3.63) is 46.6 Å². The Morgan fingerprint density at radius 1 is 1.12 bits per heavy atom. The van der Waals surface area contributed by atoms with Crippen molar-refractivity contribution in [1.29, 1.82) is 0 Å². The molecule has 2 N–H and O–H groups in total. The van der Waals surface area contributed by atoms with Gasteiger partial charge < -0.3 is 15.3 Å². The van der Waals surface area contributed by atoms with Gasteiger partial charge in [0.15, 0.2) is 16.8 Å². The number of carboxylic acids is 1. The highest BCUT2D eigenvalue weighted by Crippen LogP contribution is 2.38. The molecule has 9 nitrogen and oxygen atoms in total. The van der Waals surface area contributed by atoms with Crippen LogP contribution < -0.4 is 10.2 Å². The van der Waals surface area contributed by atoms with E-state index in [4.69, 9.17) is 5.11 Å². The number of hydrogen-bond donors (Lipinski definition) is 2. The van der Waals surface area contributed by atoms with Crippen LogP contribution in [0.5, 0.6) is 0 Å². The summed E-state index contributed by atoms with van der Waals surface area (Å²) in [6, 6.07) is 2.60. The van der Waals surface area contributed by atoms with Gasteiger partial charge >= 0.3 is 12.1 Å². The third-order valence-electron chi connectivity index (χ3n) is 7.54. The average molecular weight is 612 g/mol. The average Bonchev–Trinajstić information content (AvgIpc) is 3.53. The highest BCUT2D eigenvalue weighted by atomic mass is 32.1. The fraction of sp³-hybridized carbons (Fsp3) is 0.481. The Morgan fingerprint density at radius 2 is 1.88 bits per heavy atom. The lowest BCUT2D eigenvalue weighted by atomic mass is 10.1. The van der Waals surface area contributed by atoms with Gasteiger partial charge in [-0.3, -0.25) is 14.6 Å². The number of benzene rings is 1. The van der Waals surface area contributed by atoms with E-state index in [1.165, 1.54) is 6.33 Å². The van der Waals surface area contributed by atoms with E-state index in [0.717, 1.165) is 42.9 Å². The number of carbonyl (C=O) groups is 1. The molecule has 3 aromatic rings. The van der Waals surface area contributed by atoms with Crippen molar-refractivity contribution in [3.63, 3.8) is 0 Å². The van der Waals surface area contributed by atoms with Crippen LogP contribution in [0.25, 0.3) is 11.3 Å². The first-order valence-corrected chi connectivity index (χ1v) is 14.4. The monoisotopic (exact) mass is 611 g/mol. The maximum Gasteiger partial charge on any atom is 0.416 e. The van der Waals surface area contributed by atoms with Crippen molar-refractivity contribution in [2.75, 3.05) is 49.5 Å². The number of likely N-dealkylation sites (tertiary alicyclic amines) is 1. The molecule has 0 unspecified atom stereocenters. The number of halogens is 5. The molecule has 42 heavy (non-hydrogen) atoms. The standard InChI is InChI=1S/C27H30F5N7O2S/c1-16-3-2-5-39(16)14-20-23(17-11-18(27(30,31)32)13-19(28)12-17)35-26(42-20)36-24-22(29)25(34-15-33-24)38-9-7-37(8-10-38)6-4-21(40)41/h11-13,15-16H,2-10,14H2,1H3,(H,40,41)(H,33,34,35,36)/t16-/m1/s1. The first kappa shape index (κ1) is 30.0. The molecule has 0 saturated carbocycles. The highest BCUT2D eigenvalue weighted by Gasteiger charge is 2.32. The Bertz CT molecular complexity index is 1430. The summed E-state index contributed by atoms with van der Waals surface area (Å²) in [5, 5.41) is 12.0. The number of hydrogen-bond acceptors (Lipinski definition) is 9. The van der Waals surface area contributed by atoms with Crippen molar-refractivity contribution in [3.8, 4) is 11.3 Å². The summed E-state index contributed by atoms with van der Waals surface area (Å²) < 4.78 is 70.4. The van der Waals surface area contributed by atoms with Crippen LogP contribution >= 0.6 is 11.3 Å². The number of piperazine rings is 1. The number of carboxylic acid groups (broad SMARTS) is 1. The molecular weight excluding hydrogens is 581 g/mol. The zero-order chi connectivity index (χ0) is 30.0. The second-order valence-corrected chi connectivity index (χ2v) is 11.5. The van der Waals surface area contributed by atoms with E-state index >= 15 is 4.39 Å². The second kappa shape index (κ2) is 12.4. The number of nitrogens with one attached hydrogen (secondary N) is 1. The predicted octanol–water partition coefficient (Wildman–Crippen LogP) is 5.22. The lowest BCUT2D eigenvalue weighted by Crippen LogP contribution is -2.47. The van der Waals surface area contributed by atoms with Crippen LogP contribution in [0.15, 0.2) is 24.5 Å². The molecule has 2 saturated heterocycles. The van der Waals surface area contributed by atoms with Gasteiger partial charge in [-0.1, -0.05) is 11.3 Å². The van der Waals surface area contributed by atoms with Gasteiger partial charge in [-0.05, 0) is 44.5 Å². The lowest BCUT2D eigenvalue weighted by Gasteiger charge is -2.35. The Balaban J connectivity index is 1.41. The number of nitrogens with zero attached hydrogens (tertiary/aromatic N) is 6. The molecule has 4 heterocycles. The molecule has 0 bridgehead atoms. The van der Waals surface area contributed by atoms with E-state index in [1.807, 2.05) is 4.90 Å². The molecule has 2 aliphatic rings. The largest absolute Gasteiger partial charge is 0.481 e. The zero-order valence-corrected chi connectivity index (χ0v) is 23.6. The smallest absolute Gasteiger partial charge is 0.416 e. The maximum absolute atomic E-state index is 15.6. The molecule has 226 valence electrons. The third-order valence-corrected chi connectivity index (χ3v) is 8.50. The maximum atomic E-state index is 15.6. The number of alkyl halides is 3. The summed E-state index contributed by atoms with van der Waals surface area (Å²) >= 11 is 1.15. The molecule has 2 aliphatic heterocycles. The van der Waals surface area contributed by atoms with Crippen molar-refractivity contribution in [2.45, 2.75) is 44.9 Å². The lowest BCUT2D eigenvalue weighted by molar-refractivity contribution is -0.138. The predicted molar refractivity (Wildman–Crippen MR) is 148 cm³/mol. The Hall–Kier alpha value is -3.43. The molecule has 0 amide bonds. The van der Waals surface area contributed by atoms with E-state index in [0.29, 0.717) is 50.2 Å². The summed E-state index contributed by atoms with van der Waals surface area (Å²) in [7, 11) is 0. The summed E-state index contributed by atoms with van der Waals surface area (Å²) in [5.74, 6) is -2.69. The van der Waals surface area contributed by atoms with Crippen LogP contribution in [-0.4, -0.2) is 81.1 Å². The van der Waals surface area contributed by atoms with Crippen LogP contribution in [0.1, 0.15) is 36.6 Å². The topological polar surface area (TPSA) is 97.7 Å². The summed E-state index contributed by atoms with van der Waals surface area (Å²) in [5.41, 5.74) is -0.938. The van der Waals surface area contributed by atoms with Crippen molar-refractivity contribution in [1.82, 2.24) is 24.8 Å². The normalized spacial score (nSPS) is 18.5. The number of aliphatic carboxylic acids is 1. The minimum Gasteiger partial charge on any atom is -0.481 e. The number of thiazole rings is 1. The zero-order valence-electron chi connectivity index (χ0n) is 22.8. The van der Waals surface area contributed by atoms with Crippen molar-refractivity contribution in [2.24, 2.45) is 0 Å². The van der Waals surface area contributed by atoms with Gasteiger partial charge in [0.05, 0.1) is 17.7 Å². The summed E-state index contributed by atoms with van der Waals surface area (Å²) in [6.07, 6.45) is -1.53. The van der Waals surface area contributed by atoms with Crippen molar-refractivity contribution < 1.29 is 31.9 Å². The van der Waals surface area contributed by atoms with Crippen LogP contribution in [0.2, 0.25) is 0 Å². The third kappa shape index (κ3) is 6.95. The Labute approximate surface area is 243 Å². The number of anilines is 3. The van der Waals surface area contributed by atoms with E-state index in [1.54, 1.807) is 4.90 Å². The molecule has 1 atom stereocenters. The second-order valence-electron chi connectivity index (χ2n) is 10.4. The molecule has 2 aromatic heterocycles. The van der Waals surface area contributed by atoms with Gasteiger partial charge in [0.2, 0.25) is 5.82 Å². The number of rotatable bonds is 9. The highest BCUT2D eigenvalue weighted by molar-refractivity contribution is 7.16. The molecule has 15 heteroatoms. The molecule has 0 spiro atoms. The molecule has 1 aromatic carbocycles. The van der Waals surface area contributed by atoms with Crippen LogP contribution in [0.3, 0.4) is 0 Å². The van der Waals surface area contributed by atoms with E-state index < -0.39 is 29.3 Å². The Kier molecular flexibility index (Phi) is 8.89. The first-order valence-electron chi connectivity index (χ1n) is 13.6.